The highest BCUT2D eigenvalue weighted by atomic mass is 35.5. The standard InChI is InChI=1S/C24H22ClF2N5O4S/c1-31(20-6-4-17(25)5-7-20)23(33)21(13-15-11-18(26)14-19(27)12-15)29-24(34)30-37(35,36)32-10-8-16-3-2-9-28-22(16)32/h2-7,9,11-12,14,21H,8,10,13H2,1H3,(H2,29,30,34). The number of benzene rings is 2. The van der Waals surface area contributed by atoms with E-state index < -0.39 is 39.8 Å². The number of urea groups is 1. The number of amides is 3. The van der Waals surface area contributed by atoms with Crippen LogP contribution >= 0.6 is 11.6 Å². The molecule has 37 heavy (non-hydrogen) atoms. The molecule has 0 fully saturated rings. The lowest BCUT2D eigenvalue weighted by Gasteiger charge is -2.26. The molecule has 0 spiro atoms. The van der Waals surface area contributed by atoms with Crippen molar-refractivity contribution in [2.24, 2.45) is 0 Å². The number of nitrogens with one attached hydrogen (secondary N) is 2. The second kappa shape index (κ2) is 10.7. The molecule has 0 saturated heterocycles. The zero-order valence-corrected chi connectivity index (χ0v) is 21.1. The Morgan fingerprint density at radius 3 is 2.49 bits per heavy atom. The lowest BCUT2D eigenvalue weighted by Crippen LogP contribution is -2.54. The molecule has 2 N–H and O–H groups in total. The van der Waals surface area contributed by atoms with Crippen molar-refractivity contribution in [3.05, 3.63) is 88.6 Å². The number of pyridine rings is 1. The van der Waals surface area contributed by atoms with E-state index in [-0.39, 0.29) is 24.3 Å². The van der Waals surface area contributed by atoms with Gasteiger partial charge in [-0.25, -0.2) is 27.6 Å². The van der Waals surface area contributed by atoms with E-state index in [0.717, 1.165) is 16.4 Å². The van der Waals surface area contributed by atoms with Crippen LogP contribution in [0.1, 0.15) is 11.1 Å². The summed E-state index contributed by atoms with van der Waals surface area (Å²) in [6.07, 6.45) is 1.54. The minimum atomic E-state index is -4.36. The average Bonchev–Trinajstić information content (AvgIpc) is 3.27. The van der Waals surface area contributed by atoms with Gasteiger partial charge in [-0.05, 0) is 60.0 Å². The van der Waals surface area contributed by atoms with E-state index in [1.54, 1.807) is 36.4 Å². The summed E-state index contributed by atoms with van der Waals surface area (Å²) in [5.41, 5.74) is 1.22. The number of hydrogen-bond donors (Lipinski definition) is 2. The smallest absolute Gasteiger partial charge is 0.325 e. The molecule has 1 aliphatic rings. The number of carbonyl (C=O) groups is 2. The molecular formula is C24H22ClF2N5O4S. The fraction of sp³-hybridized carbons (Fsp3) is 0.208. The van der Waals surface area contributed by atoms with Crippen LogP contribution in [0, 0.1) is 11.6 Å². The largest absolute Gasteiger partial charge is 0.330 e. The van der Waals surface area contributed by atoms with Crippen LogP contribution in [0.25, 0.3) is 0 Å². The zero-order valence-electron chi connectivity index (χ0n) is 19.5. The summed E-state index contributed by atoms with van der Waals surface area (Å²) >= 11 is 5.91. The second-order valence-corrected chi connectivity index (χ2v) is 10.3. The maximum atomic E-state index is 13.8. The van der Waals surface area contributed by atoms with Crippen LogP contribution in [0.2, 0.25) is 5.02 Å². The Balaban J connectivity index is 1.55. The quantitative estimate of drug-likeness (QED) is 0.470. The summed E-state index contributed by atoms with van der Waals surface area (Å²) in [5.74, 6) is -2.18. The molecule has 9 nitrogen and oxygen atoms in total. The Morgan fingerprint density at radius 2 is 1.81 bits per heavy atom. The van der Waals surface area contributed by atoms with Crippen LogP contribution in [0.3, 0.4) is 0 Å². The average molecular weight is 550 g/mol. The second-order valence-electron chi connectivity index (χ2n) is 8.30. The molecule has 3 aromatic rings. The first kappa shape index (κ1) is 26.3. The molecule has 1 atom stereocenters. The number of nitrogens with zero attached hydrogens (tertiary/aromatic N) is 3. The van der Waals surface area contributed by atoms with Crippen LogP contribution < -0.4 is 19.2 Å². The van der Waals surface area contributed by atoms with Crippen molar-refractivity contribution in [3.63, 3.8) is 0 Å². The topological polar surface area (TPSA) is 112 Å². The molecule has 0 radical (unpaired) electrons. The third-order valence-corrected chi connectivity index (χ3v) is 7.34. The predicted octanol–water partition coefficient (Wildman–Crippen LogP) is 3.19. The molecule has 0 aliphatic carbocycles. The lowest BCUT2D eigenvalue weighted by atomic mass is 10.0. The van der Waals surface area contributed by atoms with Gasteiger partial charge in [0.25, 0.3) is 0 Å². The predicted molar refractivity (Wildman–Crippen MR) is 135 cm³/mol. The normalized spacial score (nSPS) is 13.6. The maximum Gasteiger partial charge on any atom is 0.330 e. The van der Waals surface area contributed by atoms with Crippen LogP contribution in [-0.4, -0.2) is 45.0 Å². The Hall–Kier alpha value is -3.77. The Bertz CT molecular complexity index is 1420. The number of likely N-dealkylation sites (N-methyl/N-ethyl adjacent to an activating group) is 1. The van der Waals surface area contributed by atoms with Gasteiger partial charge in [-0.1, -0.05) is 17.7 Å². The molecule has 13 heteroatoms. The molecule has 2 heterocycles. The molecular weight excluding hydrogens is 528 g/mol. The van der Waals surface area contributed by atoms with E-state index >= 15 is 0 Å². The van der Waals surface area contributed by atoms with Gasteiger partial charge in [0.15, 0.2) is 0 Å². The Morgan fingerprint density at radius 1 is 1.14 bits per heavy atom. The van der Waals surface area contributed by atoms with Gasteiger partial charge in [-0.2, -0.15) is 8.42 Å². The number of halogens is 3. The van der Waals surface area contributed by atoms with E-state index in [1.165, 1.54) is 18.1 Å². The van der Waals surface area contributed by atoms with Crippen molar-refractivity contribution in [1.29, 1.82) is 0 Å². The number of aromatic nitrogens is 1. The van der Waals surface area contributed by atoms with Gasteiger partial charge in [0.2, 0.25) is 5.91 Å². The molecule has 0 saturated carbocycles. The van der Waals surface area contributed by atoms with Crippen LogP contribution in [0.15, 0.2) is 60.8 Å². The first-order chi connectivity index (χ1) is 17.5. The summed E-state index contributed by atoms with van der Waals surface area (Å²) in [6, 6.07) is 9.83. The molecule has 194 valence electrons. The van der Waals surface area contributed by atoms with Crippen molar-refractivity contribution < 1.29 is 26.8 Å². The summed E-state index contributed by atoms with van der Waals surface area (Å²) in [5, 5.41) is 2.77. The third kappa shape index (κ3) is 6.15. The molecule has 4 rings (SSSR count). The van der Waals surface area contributed by atoms with Crippen molar-refractivity contribution in [2.75, 3.05) is 22.8 Å². The number of hydrogen-bond acceptors (Lipinski definition) is 5. The first-order valence-electron chi connectivity index (χ1n) is 11.1. The van der Waals surface area contributed by atoms with Crippen molar-refractivity contribution in [3.8, 4) is 0 Å². The minimum Gasteiger partial charge on any atom is -0.325 e. The van der Waals surface area contributed by atoms with Crippen LogP contribution in [0.4, 0.5) is 25.1 Å². The summed E-state index contributed by atoms with van der Waals surface area (Å²) in [7, 11) is -2.92. The minimum absolute atomic E-state index is 0.0825. The van der Waals surface area contributed by atoms with Gasteiger partial charge in [0.1, 0.15) is 23.5 Å². The van der Waals surface area contributed by atoms with Gasteiger partial charge < -0.3 is 10.2 Å². The third-order valence-electron chi connectivity index (χ3n) is 5.71. The summed E-state index contributed by atoms with van der Waals surface area (Å²) in [6.45, 7) is 0.0825. The van der Waals surface area contributed by atoms with Gasteiger partial charge in [0, 0.05) is 43.0 Å². The van der Waals surface area contributed by atoms with Gasteiger partial charge >= 0.3 is 16.2 Å². The van der Waals surface area contributed by atoms with E-state index in [0.29, 0.717) is 28.8 Å². The highest BCUT2D eigenvalue weighted by Crippen LogP contribution is 2.26. The van der Waals surface area contributed by atoms with E-state index in [9.17, 15) is 26.8 Å². The Labute approximate surface area is 217 Å². The number of anilines is 2. The van der Waals surface area contributed by atoms with E-state index in [4.69, 9.17) is 11.6 Å². The molecule has 0 bridgehead atoms. The number of fused-ring (bicyclic) bond motifs is 1. The van der Waals surface area contributed by atoms with Gasteiger partial charge in [-0.15, -0.1) is 0 Å². The van der Waals surface area contributed by atoms with E-state index in [2.05, 4.69) is 10.3 Å². The maximum absolute atomic E-state index is 13.8. The van der Waals surface area contributed by atoms with Crippen molar-refractivity contribution >= 4 is 45.3 Å². The number of rotatable bonds is 7. The zero-order chi connectivity index (χ0) is 26.7. The number of carbonyl (C=O) groups excluding carboxylic acids is 2. The Kier molecular flexibility index (Phi) is 7.60. The fourth-order valence-corrected chi connectivity index (χ4v) is 5.22. The van der Waals surface area contributed by atoms with Crippen LogP contribution in [-0.2, 0) is 27.8 Å². The molecule has 1 aliphatic heterocycles. The molecule has 2 aromatic carbocycles. The summed E-state index contributed by atoms with van der Waals surface area (Å²) in [4.78, 5) is 31.4. The van der Waals surface area contributed by atoms with Crippen molar-refractivity contribution in [2.45, 2.75) is 18.9 Å². The van der Waals surface area contributed by atoms with Gasteiger partial charge in [0.05, 0.1) is 0 Å². The van der Waals surface area contributed by atoms with Crippen molar-refractivity contribution in [1.82, 2.24) is 15.0 Å². The first-order valence-corrected chi connectivity index (χ1v) is 12.9. The SMILES string of the molecule is CN(C(=O)C(Cc1cc(F)cc(F)c1)NC(=O)NS(=O)(=O)N1CCc2cccnc21)c1ccc(Cl)cc1. The lowest BCUT2D eigenvalue weighted by molar-refractivity contribution is -0.120. The highest BCUT2D eigenvalue weighted by molar-refractivity contribution is 7.91. The molecule has 1 unspecified atom stereocenters. The molecule has 3 amide bonds. The summed E-state index contributed by atoms with van der Waals surface area (Å²) < 4.78 is 56.2. The van der Waals surface area contributed by atoms with E-state index in [1.807, 2.05) is 4.72 Å². The fourth-order valence-electron chi connectivity index (χ4n) is 3.96. The monoisotopic (exact) mass is 549 g/mol. The molecule has 1 aromatic heterocycles. The highest BCUT2D eigenvalue weighted by Gasteiger charge is 2.33. The van der Waals surface area contributed by atoms with Crippen LogP contribution in [0.5, 0.6) is 0 Å². The van der Waals surface area contributed by atoms with Gasteiger partial charge in [-0.3, -0.25) is 4.79 Å².